The van der Waals surface area contributed by atoms with Gasteiger partial charge in [0.1, 0.15) is 4.88 Å². The van der Waals surface area contributed by atoms with Crippen LogP contribution in [-0.4, -0.2) is 10.9 Å². The Balaban J connectivity index is 2.02. The molecule has 2 aromatic rings. The van der Waals surface area contributed by atoms with Gasteiger partial charge in [-0.05, 0) is 25.0 Å². The lowest BCUT2D eigenvalue weighted by Gasteiger charge is -2.05. The minimum atomic E-state index is -0.0488. The van der Waals surface area contributed by atoms with E-state index in [1.165, 1.54) is 16.9 Å². The van der Waals surface area contributed by atoms with Crippen molar-refractivity contribution in [1.29, 1.82) is 0 Å². The predicted molar refractivity (Wildman–Crippen MR) is 81.8 cm³/mol. The molecule has 0 aliphatic carbocycles. The van der Waals surface area contributed by atoms with Gasteiger partial charge in [-0.15, -0.1) is 11.3 Å². The van der Waals surface area contributed by atoms with Gasteiger partial charge in [0.2, 0.25) is 0 Å². The Labute approximate surface area is 125 Å². The summed E-state index contributed by atoms with van der Waals surface area (Å²) in [5.74, 6) is -0.0488. The van der Waals surface area contributed by atoms with Crippen LogP contribution in [0.4, 0.5) is 0 Å². The number of halogens is 1. The molecule has 0 saturated heterocycles. The summed E-state index contributed by atoms with van der Waals surface area (Å²) in [5.41, 5.74) is 3.11. The van der Waals surface area contributed by atoms with Crippen LogP contribution in [0, 0.1) is 13.8 Å². The van der Waals surface area contributed by atoms with Gasteiger partial charge in [-0.1, -0.05) is 40.2 Å². The molecule has 2 rings (SSSR count). The van der Waals surface area contributed by atoms with Crippen LogP contribution < -0.4 is 5.32 Å². The second-order valence-corrected chi connectivity index (χ2v) is 6.05. The molecule has 0 spiro atoms. The van der Waals surface area contributed by atoms with E-state index in [1.807, 2.05) is 26.0 Å². The smallest absolute Gasteiger partial charge is 0.263 e. The monoisotopic (exact) mass is 338 g/mol. The van der Waals surface area contributed by atoms with Gasteiger partial charge in [-0.25, -0.2) is 4.98 Å². The molecular weight excluding hydrogens is 324 g/mol. The largest absolute Gasteiger partial charge is 0.347 e. The summed E-state index contributed by atoms with van der Waals surface area (Å²) in [7, 11) is 0. The molecule has 1 amide bonds. The van der Waals surface area contributed by atoms with Crippen LogP contribution in [0.5, 0.6) is 0 Å². The number of aryl methyl sites for hydroxylation is 2. The highest BCUT2D eigenvalue weighted by atomic mass is 79.9. The number of amides is 1. The quantitative estimate of drug-likeness (QED) is 0.865. The predicted octanol–water partition coefficient (Wildman–Crippen LogP) is 3.58. The maximum atomic E-state index is 12.1. The molecule has 0 aliphatic heterocycles. The van der Waals surface area contributed by atoms with Gasteiger partial charge in [-0.3, -0.25) is 4.79 Å². The van der Waals surface area contributed by atoms with Gasteiger partial charge in [0.25, 0.3) is 5.91 Å². The molecule has 3 nitrogen and oxygen atoms in total. The summed E-state index contributed by atoms with van der Waals surface area (Å²) in [6.45, 7) is 4.31. The van der Waals surface area contributed by atoms with E-state index in [0.29, 0.717) is 11.4 Å². The maximum Gasteiger partial charge on any atom is 0.263 e. The van der Waals surface area contributed by atoms with Crippen LogP contribution in [0.2, 0.25) is 0 Å². The highest BCUT2D eigenvalue weighted by molar-refractivity contribution is 9.08. The van der Waals surface area contributed by atoms with Gasteiger partial charge < -0.3 is 5.32 Å². The number of rotatable bonds is 4. The van der Waals surface area contributed by atoms with E-state index in [1.54, 1.807) is 0 Å². The van der Waals surface area contributed by atoms with E-state index < -0.39 is 0 Å². The Kier molecular flexibility index (Phi) is 4.71. The summed E-state index contributed by atoms with van der Waals surface area (Å²) in [5, 5.41) is 4.68. The van der Waals surface area contributed by atoms with Crippen LogP contribution in [0.1, 0.15) is 31.5 Å². The number of hydrogen-bond donors (Lipinski definition) is 1. The number of carbonyl (C=O) groups is 1. The number of nitrogens with zero attached hydrogens (tertiary/aromatic N) is 1. The average Bonchev–Trinajstić information content (AvgIpc) is 2.75. The van der Waals surface area contributed by atoms with Crippen LogP contribution in [0.25, 0.3) is 0 Å². The first-order valence-electron chi connectivity index (χ1n) is 5.96. The van der Waals surface area contributed by atoms with Crippen molar-refractivity contribution in [1.82, 2.24) is 10.3 Å². The third kappa shape index (κ3) is 3.64. The lowest BCUT2D eigenvalue weighted by molar-refractivity contribution is 0.0954. The Bertz CT molecular complexity index is 595. The number of carbonyl (C=O) groups excluding carboxylic acids is 1. The van der Waals surface area contributed by atoms with Gasteiger partial charge in [0, 0.05) is 11.9 Å². The lowest BCUT2D eigenvalue weighted by Crippen LogP contribution is -2.22. The van der Waals surface area contributed by atoms with Crippen LogP contribution in [0.3, 0.4) is 0 Å². The molecule has 1 aromatic heterocycles. The van der Waals surface area contributed by atoms with Crippen molar-refractivity contribution >= 4 is 33.2 Å². The minimum Gasteiger partial charge on any atom is -0.347 e. The fourth-order valence-electron chi connectivity index (χ4n) is 1.83. The number of aromatic nitrogens is 1. The lowest BCUT2D eigenvalue weighted by atomic mass is 10.1. The summed E-state index contributed by atoms with van der Waals surface area (Å²) < 4.78 is 0. The topological polar surface area (TPSA) is 42.0 Å². The molecule has 1 heterocycles. The van der Waals surface area contributed by atoms with Crippen molar-refractivity contribution in [2.75, 3.05) is 0 Å². The van der Waals surface area contributed by atoms with E-state index in [9.17, 15) is 4.79 Å². The van der Waals surface area contributed by atoms with Gasteiger partial charge in [-0.2, -0.15) is 0 Å². The molecule has 0 unspecified atom stereocenters. The van der Waals surface area contributed by atoms with E-state index in [0.717, 1.165) is 21.6 Å². The Hall–Kier alpha value is -1.20. The molecule has 5 heteroatoms. The third-order valence-corrected chi connectivity index (χ3v) is 4.43. The normalized spacial score (nSPS) is 10.5. The third-order valence-electron chi connectivity index (χ3n) is 2.71. The zero-order valence-electron chi connectivity index (χ0n) is 10.9. The summed E-state index contributed by atoms with van der Waals surface area (Å²) in [6, 6.07) is 8.15. The standard InChI is InChI=1S/C14H15BrN2OS/c1-9-13(19-10(2)17-9)14(18)16-8-12-5-3-4-11(6-12)7-15/h3-6H,7-8H2,1-2H3,(H,16,18). The van der Waals surface area contributed by atoms with Gasteiger partial charge >= 0.3 is 0 Å². The molecule has 1 aromatic carbocycles. The molecule has 0 bridgehead atoms. The van der Waals surface area contributed by atoms with Crippen molar-refractivity contribution in [2.24, 2.45) is 0 Å². The molecule has 100 valence electrons. The highest BCUT2D eigenvalue weighted by Gasteiger charge is 2.13. The van der Waals surface area contributed by atoms with Crippen LogP contribution >= 0.6 is 27.3 Å². The molecule has 0 aliphatic rings. The molecule has 1 N–H and O–H groups in total. The van der Waals surface area contributed by atoms with Crippen molar-refractivity contribution in [2.45, 2.75) is 25.7 Å². The molecule has 0 saturated carbocycles. The Morgan fingerprint density at radius 3 is 2.74 bits per heavy atom. The van der Waals surface area contributed by atoms with E-state index >= 15 is 0 Å². The molecule has 0 radical (unpaired) electrons. The summed E-state index contributed by atoms with van der Waals surface area (Å²) in [6.07, 6.45) is 0. The Morgan fingerprint density at radius 1 is 1.37 bits per heavy atom. The fraction of sp³-hybridized carbons (Fsp3) is 0.286. The van der Waals surface area contributed by atoms with E-state index in [4.69, 9.17) is 0 Å². The van der Waals surface area contributed by atoms with E-state index in [2.05, 4.69) is 38.4 Å². The first-order chi connectivity index (χ1) is 9.10. The minimum absolute atomic E-state index is 0.0488. The number of nitrogens with one attached hydrogen (secondary N) is 1. The van der Waals surface area contributed by atoms with Crippen LogP contribution in [0.15, 0.2) is 24.3 Å². The molecule has 0 fully saturated rings. The van der Waals surface area contributed by atoms with E-state index in [-0.39, 0.29) is 5.91 Å². The first-order valence-corrected chi connectivity index (χ1v) is 7.90. The number of hydrogen-bond acceptors (Lipinski definition) is 3. The zero-order chi connectivity index (χ0) is 13.8. The molecule has 19 heavy (non-hydrogen) atoms. The van der Waals surface area contributed by atoms with Crippen molar-refractivity contribution in [3.8, 4) is 0 Å². The average molecular weight is 339 g/mol. The van der Waals surface area contributed by atoms with Crippen LogP contribution in [-0.2, 0) is 11.9 Å². The molecule has 0 atom stereocenters. The SMILES string of the molecule is Cc1nc(C)c(C(=O)NCc2cccc(CBr)c2)s1. The van der Waals surface area contributed by atoms with Crippen molar-refractivity contribution in [3.63, 3.8) is 0 Å². The summed E-state index contributed by atoms with van der Waals surface area (Å²) >= 11 is 4.86. The number of alkyl halides is 1. The second kappa shape index (κ2) is 6.30. The number of benzene rings is 1. The second-order valence-electron chi connectivity index (χ2n) is 4.28. The van der Waals surface area contributed by atoms with Crippen molar-refractivity contribution in [3.05, 3.63) is 51.0 Å². The number of thiazole rings is 1. The summed E-state index contributed by atoms with van der Waals surface area (Å²) in [4.78, 5) is 17.0. The van der Waals surface area contributed by atoms with Gasteiger partial charge in [0.05, 0.1) is 10.7 Å². The zero-order valence-corrected chi connectivity index (χ0v) is 13.3. The molecular formula is C14H15BrN2OS. The maximum absolute atomic E-state index is 12.1. The van der Waals surface area contributed by atoms with Crippen molar-refractivity contribution < 1.29 is 4.79 Å². The fourth-order valence-corrected chi connectivity index (χ4v) is 3.01. The van der Waals surface area contributed by atoms with Gasteiger partial charge in [0.15, 0.2) is 0 Å². The first kappa shape index (κ1) is 14.2. The highest BCUT2D eigenvalue weighted by Crippen LogP contribution is 2.17. The Morgan fingerprint density at radius 2 is 2.11 bits per heavy atom.